The van der Waals surface area contributed by atoms with Gasteiger partial charge in [0.1, 0.15) is 0 Å². The zero-order chi connectivity index (χ0) is 18.5. The molecule has 1 aromatic heterocycles. The largest absolute Gasteiger partial charge is 0.380 e. The number of nitrogens with zero attached hydrogens (tertiary/aromatic N) is 1. The number of aryl methyl sites for hydroxylation is 1. The molecule has 2 aromatic rings. The Morgan fingerprint density at radius 3 is 2.62 bits per heavy atom. The minimum atomic E-state index is 0.0114. The molecule has 1 N–H and O–H groups in total. The predicted molar refractivity (Wildman–Crippen MR) is 104 cm³/mol. The topological polar surface area (TPSA) is 43.3 Å². The number of hydrogen-bond donors (Lipinski definition) is 1. The first-order chi connectivity index (χ1) is 12.6. The van der Waals surface area contributed by atoms with Crippen LogP contribution < -0.4 is 5.32 Å². The van der Waals surface area contributed by atoms with Crippen molar-refractivity contribution in [2.45, 2.75) is 65.1 Å². The number of hydrogen-bond acceptors (Lipinski definition) is 2. The molecule has 26 heavy (non-hydrogen) atoms. The lowest BCUT2D eigenvalue weighted by atomic mass is 9.95. The van der Waals surface area contributed by atoms with Crippen LogP contribution in [0.4, 0.5) is 0 Å². The molecule has 0 radical (unpaired) electrons. The molecule has 4 nitrogen and oxygen atoms in total. The molecule has 0 aliphatic heterocycles. The Hall–Kier alpha value is -2.07. The van der Waals surface area contributed by atoms with Crippen LogP contribution in [0.15, 0.2) is 30.3 Å². The quantitative estimate of drug-likeness (QED) is 0.818. The second kappa shape index (κ2) is 8.54. The lowest BCUT2D eigenvalue weighted by Crippen LogP contribution is -2.24. The molecule has 1 fully saturated rings. The van der Waals surface area contributed by atoms with Crippen molar-refractivity contribution >= 4 is 5.91 Å². The van der Waals surface area contributed by atoms with Gasteiger partial charge < -0.3 is 14.6 Å². The standard InChI is InChI=1S/C22H30N2O2/c1-16-12-21(17(2)24(16)20-10-5-4-6-11-20)22(25)23-14-18-8-7-9-19(13-18)15-26-3/h7-9,12-13,20H,4-6,10-11,14-15H2,1-3H3,(H,23,25). The Kier molecular flexibility index (Phi) is 6.15. The zero-order valence-electron chi connectivity index (χ0n) is 16.2. The number of aromatic nitrogens is 1. The van der Waals surface area contributed by atoms with E-state index in [4.69, 9.17) is 4.74 Å². The molecule has 4 heteroatoms. The van der Waals surface area contributed by atoms with Crippen molar-refractivity contribution in [3.05, 3.63) is 58.4 Å². The molecular weight excluding hydrogens is 324 g/mol. The summed E-state index contributed by atoms with van der Waals surface area (Å²) in [5.74, 6) is 0.0114. The van der Waals surface area contributed by atoms with Crippen molar-refractivity contribution in [2.24, 2.45) is 0 Å². The van der Waals surface area contributed by atoms with Gasteiger partial charge in [-0.1, -0.05) is 43.5 Å². The van der Waals surface area contributed by atoms with Crippen LogP contribution in [0, 0.1) is 13.8 Å². The number of methoxy groups -OCH3 is 1. The number of carbonyl (C=O) groups is 1. The molecule has 1 saturated carbocycles. The summed E-state index contributed by atoms with van der Waals surface area (Å²) in [5.41, 5.74) is 5.31. The highest BCUT2D eigenvalue weighted by Gasteiger charge is 2.22. The fourth-order valence-electron chi connectivity index (χ4n) is 4.18. The smallest absolute Gasteiger partial charge is 0.253 e. The van der Waals surface area contributed by atoms with Crippen molar-refractivity contribution < 1.29 is 9.53 Å². The van der Waals surface area contributed by atoms with Gasteiger partial charge in [-0.05, 0) is 43.9 Å². The molecule has 1 heterocycles. The molecule has 1 aliphatic rings. The van der Waals surface area contributed by atoms with Crippen molar-refractivity contribution in [1.29, 1.82) is 0 Å². The fraction of sp³-hybridized carbons (Fsp3) is 0.500. The molecule has 1 aliphatic carbocycles. The third kappa shape index (κ3) is 4.18. The first kappa shape index (κ1) is 18.7. The monoisotopic (exact) mass is 354 g/mol. The minimum Gasteiger partial charge on any atom is -0.380 e. The Morgan fingerprint density at radius 2 is 1.88 bits per heavy atom. The molecule has 3 rings (SSSR count). The summed E-state index contributed by atoms with van der Waals surface area (Å²) in [5, 5.41) is 3.08. The second-order valence-corrected chi connectivity index (χ2v) is 7.38. The highest BCUT2D eigenvalue weighted by Crippen LogP contribution is 2.32. The van der Waals surface area contributed by atoms with E-state index < -0.39 is 0 Å². The van der Waals surface area contributed by atoms with E-state index >= 15 is 0 Å². The van der Waals surface area contributed by atoms with Gasteiger partial charge in [0.05, 0.1) is 12.2 Å². The highest BCUT2D eigenvalue weighted by atomic mass is 16.5. The Morgan fingerprint density at radius 1 is 1.15 bits per heavy atom. The summed E-state index contributed by atoms with van der Waals surface area (Å²) in [6.45, 7) is 5.32. The molecule has 0 bridgehead atoms. The number of rotatable bonds is 6. The van der Waals surface area contributed by atoms with Crippen LogP contribution in [0.1, 0.15) is 71.0 Å². The number of benzene rings is 1. The van der Waals surface area contributed by atoms with Gasteiger partial charge in [0.15, 0.2) is 0 Å². The Bertz CT molecular complexity index is 757. The van der Waals surface area contributed by atoms with Crippen LogP contribution >= 0.6 is 0 Å². The molecule has 1 amide bonds. The van der Waals surface area contributed by atoms with Gasteiger partial charge in [-0.25, -0.2) is 0 Å². The average molecular weight is 354 g/mol. The van der Waals surface area contributed by atoms with Gasteiger partial charge in [0, 0.05) is 31.1 Å². The van der Waals surface area contributed by atoms with Crippen LogP contribution in [-0.2, 0) is 17.9 Å². The van der Waals surface area contributed by atoms with Crippen LogP contribution in [0.25, 0.3) is 0 Å². The van der Waals surface area contributed by atoms with Crippen molar-refractivity contribution in [2.75, 3.05) is 7.11 Å². The van der Waals surface area contributed by atoms with E-state index in [2.05, 4.69) is 29.8 Å². The van der Waals surface area contributed by atoms with E-state index in [9.17, 15) is 4.79 Å². The van der Waals surface area contributed by atoms with Crippen molar-refractivity contribution in [3.63, 3.8) is 0 Å². The van der Waals surface area contributed by atoms with E-state index in [0.717, 1.165) is 22.4 Å². The average Bonchev–Trinajstić information content (AvgIpc) is 2.95. The highest BCUT2D eigenvalue weighted by molar-refractivity contribution is 5.95. The van der Waals surface area contributed by atoms with Gasteiger partial charge in [0.25, 0.3) is 5.91 Å². The first-order valence-electron chi connectivity index (χ1n) is 9.63. The summed E-state index contributed by atoms with van der Waals surface area (Å²) < 4.78 is 7.56. The number of nitrogens with one attached hydrogen (secondary N) is 1. The van der Waals surface area contributed by atoms with Gasteiger partial charge in [-0.2, -0.15) is 0 Å². The van der Waals surface area contributed by atoms with E-state index in [-0.39, 0.29) is 5.91 Å². The maximum Gasteiger partial charge on any atom is 0.253 e. The molecule has 0 atom stereocenters. The van der Waals surface area contributed by atoms with E-state index in [1.165, 1.54) is 37.8 Å². The molecule has 140 valence electrons. The third-order valence-corrected chi connectivity index (χ3v) is 5.42. The summed E-state index contributed by atoms with van der Waals surface area (Å²) >= 11 is 0. The summed E-state index contributed by atoms with van der Waals surface area (Å²) in [6, 6.07) is 10.7. The van der Waals surface area contributed by atoms with Crippen molar-refractivity contribution in [1.82, 2.24) is 9.88 Å². The Balaban J connectivity index is 1.69. The third-order valence-electron chi connectivity index (χ3n) is 5.42. The van der Waals surface area contributed by atoms with E-state index in [0.29, 0.717) is 19.2 Å². The van der Waals surface area contributed by atoms with Crippen molar-refractivity contribution in [3.8, 4) is 0 Å². The van der Waals surface area contributed by atoms with Crippen LogP contribution in [0.2, 0.25) is 0 Å². The van der Waals surface area contributed by atoms with Gasteiger partial charge in [-0.3, -0.25) is 4.79 Å². The molecule has 0 saturated heterocycles. The van der Waals surface area contributed by atoms with Gasteiger partial charge >= 0.3 is 0 Å². The van der Waals surface area contributed by atoms with Gasteiger partial charge in [0.2, 0.25) is 0 Å². The van der Waals surface area contributed by atoms with Crippen LogP contribution in [0.5, 0.6) is 0 Å². The number of ether oxygens (including phenoxy) is 1. The molecule has 0 spiro atoms. The second-order valence-electron chi connectivity index (χ2n) is 7.38. The summed E-state index contributed by atoms with van der Waals surface area (Å²) in [6.07, 6.45) is 6.38. The first-order valence-corrected chi connectivity index (χ1v) is 9.63. The Labute approximate surface area is 156 Å². The molecule has 0 unspecified atom stereocenters. The lowest BCUT2D eigenvalue weighted by Gasteiger charge is -2.26. The number of carbonyl (C=O) groups excluding carboxylic acids is 1. The van der Waals surface area contributed by atoms with Gasteiger partial charge in [-0.15, -0.1) is 0 Å². The summed E-state index contributed by atoms with van der Waals surface area (Å²) in [4.78, 5) is 12.7. The summed E-state index contributed by atoms with van der Waals surface area (Å²) in [7, 11) is 1.69. The van der Waals surface area contributed by atoms with Crippen LogP contribution in [-0.4, -0.2) is 17.6 Å². The maximum absolute atomic E-state index is 12.7. The SMILES string of the molecule is COCc1cccc(CNC(=O)c2cc(C)n(C3CCCCC3)c2C)c1. The lowest BCUT2D eigenvalue weighted by molar-refractivity contribution is 0.0950. The van der Waals surface area contributed by atoms with E-state index in [1.54, 1.807) is 7.11 Å². The predicted octanol–water partition coefficient (Wildman–Crippen LogP) is 4.69. The molecular formula is C22H30N2O2. The fourth-order valence-corrected chi connectivity index (χ4v) is 4.18. The zero-order valence-corrected chi connectivity index (χ0v) is 16.2. The molecule has 1 aromatic carbocycles. The maximum atomic E-state index is 12.7. The number of amides is 1. The van der Waals surface area contributed by atoms with E-state index in [1.807, 2.05) is 24.3 Å². The van der Waals surface area contributed by atoms with Crippen LogP contribution in [0.3, 0.4) is 0 Å². The minimum absolute atomic E-state index is 0.0114. The normalized spacial score (nSPS) is 15.2.